The molecule has 0 unspecified atom stereocenters. The number of amides is 1. The van der Waals surface area contributed by atoms with Crippen LogP contribution in [0.2, 0.25) is 0 Å². The SMILES string of the molecule is COc1ccccc1C#CCNC(=O)c1cccc2ccccc12. The summed E-state index contributed by atoms with van der Waals surface area (Å²) < 4.78 is 5.25. The van der Waals surface area contributed by atoms with Gasteiger partial charge in [0.25, 0.3) is 5.91 Å². The van der Waals surface area contributed by atoms with E-state index in [0.717, 1.165) is 22.1 Å². The smallest absolute Gasteiger partial charge is 0.252 e. The van der Waals surface area contributed by atoms with Crippen molar-refractivity contribution in [2.75, 3.05) is 13.7 Å². The number of carbonyl (C=O) groups excluding carboxylic acids is 1. The molecule has 0 atom stereocenters. The normalized spacial score (nSPS) is 9.88. The highest BCUT2D eigenvalue weighted by Crippen LogP contribution is 2.18. The highest BCUT2D eigenvalue weighted by Gasteiger charge is 2.08. The zero-order chi connectivity index (χ0) is 16.8. The van der Waals surface area contributed by atoms with Crippen LogP contribution in [0.1, 0.15) is 15.9 Å². The van der Waals surface area contributed by atoms with Crippen molar-refractivity contribution in [1.29, 1.82) is 0 Å². The molecule has 3 aromatic carbocycles. The summed E-state index contributed by atoms with van der Waals surface area (Å²) in [6.45, 7) is 0.278. The average molecular weight is 315 g/mol. The van der Waals surface area contributed by atoms with Crippen molar-refractivity contribution < 1.29 is 9.53 Å². The summed E-state index contributed by atoms with van der Waals surface area (Å²) in [6.07, 6.45) is 0. The lowest BCUT2D eigenvalue weighted by molar-refractivity contribution is 0.0960. The van der Waals surface area contributed by atoms with Crippen LogP contribution in [0.3, 0.4) is 0 Å². The Morgan fingerprint density at radius 1 is 1.00 bits per heavy atom. The summed E-state index contributed by atoms with van der Waals surface area (Å²) in [4.78, 5) is 12.4. The molecule has 0 spiro atoms. The van der Waals surface area contributed by atoms with Crippen molar-refractivity contribution in [2.45, 2.75) is 0 Å². The fraction of sp³-hybridized carbons (Fsp3) is 0.0952. The van der Waals surface area contributed by atoms with Gasteiger partial charge in [-0.05, 0) is 29.0 Å². The molecule has 3 rings (SSSR count). The van der Waals surface area contributed by atoms with Gasteiger partial charge in [-0.3, -0.25) is 4.79 Å². The minimum Gasteiger partial charge on any atom is -0.495 e. The van der Waals surface area contributed by atoms with E-state index in [-0.39, 0.29) is 12.5 Å². The molecular formula is C21H17NO2. The van der Waals surface area contributed by atoms with Crippen LogP contribution in [0.5, 0.6) is 5.75 Å². The highest BCUT2D eigenvalue weighted by molar-refractivity contribution is 6.07. The van der Waals surface area contributed by atoms with E-state index < -0.39 is 0 Å². The Morgan fingerprint density at radius 3 is 2.62 bits per heavy atom. The third-order valence-corrected chi connectivity index (χ3v) is 3.70. The number of rotatable bonds is 3. The molecule has 0 bridgehead atoms. The number of hydrogen-bond acceptors (Lipinski definition) is 2. The highest BCUT2D eigenvalue weighted by atomic mass is 16.5. The molecule has 0 aliphatic carbocycles. The number of carbonyl (C=O) groups is 1. The zero-order valence-corrected chi connectivity index (χ0v) is 13.4. The van der Waals surface area contributed by atoms with Crippen molar-refractivity contribution in [2.24, 2.45) is 0 Å². The molecule has 0 aromatic heterocycles. The van der Waals surface area contributed by atoms with Crippen molar-refractivity contribution in [3.8, 4) is 17.6 Å². The van der Waals surface area contributed by atoms with Crippen molar-refractivity contribution >= 4 is 16.7 Å². The van der Waals surface area contributed by atoms with Gasteiger partial charge in [-0.2, -0.15) is 0 Å². The van der Waals surface area contributed by atoms with Gasteiger partial charge in [0.05, 0.1) is 19.2 Å². The molecule has 118 valence electrons. The molecule has 0 aliphatic rings. The van der Waals surface area contributed by atoms with Gasteiger partial charge in [0, 0.05) is 5.56 Å². The van der Waals surface area contributed by atoms with Crippen LogP contribution in [0.15, 0.2) is 66.7 Å². The minimum absolute atomic E-state index is 0.124. The molecule has 1 N–H and O–H groups in total. The van der Waals surface area contributed by atoms with E-state index in [1.807, 2.05) is 66.7 Å². The molecule has 0 aliphatic heterocycles. The second kappa shape index (κ2) is 7.34. The first-order valence-corrected chi connectivity index (χ1v) is 7.67. The molecular weight excluding hydrogens is 298 g/mol. The molecule has 0 fully saturated rings. The first kappa shape index (κ1) is 15.6. The Balaban J connectivity index is 1.71. The molecule has 24 heavy (non-hydrogen) atoms. The molecule has 0 saturated heterocycles. The predicted octanol–water partition coefficient (Wildman–Crippen LogP) is 3.63. The van der Waals surface area contributed by atoms with E-state index >= 15 is 0 Å². The predicted molar refractivity (Wildman–Crippen MR) is 96.2 cm³/mol. The van der Waals surface area contributed by atoms with Gasteiger partial charge >= 0.3 is 0 Å². The van der Waals surface area contributed by atoms with Crippen LogP contribution in [0, 0.1) is 11.8 Å². The van der Waals surface area contributed by atoms with Crippen LogP contribution in [0.25, 0.3) is 10.8 Å². The topological polar surface area (TPSA) is 38.3 Å². The van der Waals surface area contributed by atoms with E-state index in [2.05, 4.69) is 17.2 Å². The number of fused-ring (bicyclic) bond motifs is 1. The monoisotopic (exact) mass is 315 g/mol. The number of benzene rings is 3. The number of methoxy groups -OCH3 is 1. The number of para-hydroxylation sites is 1. The molecule has 1 amide bonds. The van der Waals surface area contributed by atoms with Gasteiger partial charge in [0.2, 0.25) is 0 Å². The molecule has 3 heteroatoms. The fourth-order valence-corrected chi connectivity index (χ4v) is 2.53. The Kier molecular flexibility index (Phi) is 4.78. The Hall–Kier alpha value is -3.25. The second-order valence-corrected chi connectivity index (χ2v) is 5.21. The summed E-state index contributed by atoms with van der Waals surface area (Å²) in [5.74, 6) is 6.58. The average Bonchev–Trinajstić information content (AvgIpc) is 2.65. The molecule has 3 aromatic rings. The molecule has 0 radical (unpaired) electrons. The maximum absolute atomic E-state index is 12.4. The summed E-state index contributed by atoms with van der Waals surface area (Å²) in [6, 6.07) is 21.1. The van der Waals surface area contributed by atoms with Crippen molar-refractivity contribution in [3.05, 3.63) is 77.9 Å². The lowest BCUT2D eigenvalue weighted by Gasteiger charge is -2.06. The summed E-state index contributed by atoms with van der Waals surface area (Å²) in [5.41, 5.74) is 1.46. The number of nitrogens with one attached hydrogen (secondary N) is 1. The first-order chi connectivity index (χ1) is 11.8. The van der Waals surface area contributed by atoms with Crippen molar-refractivity contribution in [3.63, 3.8) is 0 Å². The van der Waals surface area contributed by atoms with E-state index in [4.69, 9.17) is 4.74 Å². The van der Waals surface area contributed by atoms with Crippen LogP contribution in [-0.2, 0) is 0 Å². The third kappa shape index (κ3) is 3.39. The Morgan fingerprint density at radius 2 is 1.75 bits per heavy atom. The largest absolute Gasteiger partial charge is 0.495 e. The minimum atomic E-state index is -0.124. The molecule has 0 saturated carbocycles. The van der Waals surface area contributed by atoms with E-state index in [0.29, 0.717) is 5.56 Å². The van der Waals surface area contributed by atoms with Crippen LogP contribution in [0.4, 0.5) is 0 Å². The summed E-state index contributed by atoms with van der Waals surface area (Å²) in [7, 11) is 1.61. The fourth-order valence-electron chi connectivity index (χ4n) is 2.53. The zero-order valence-electron chi connectivity index (χ0n) is 13.4. The standard InChI is InChI=1S/C21H17NO2/c1-24-20-14-5-3-9-17(20)11-7-15-22-21(23)19-13-6-10-16-8-2-4-12-18(16)19/h2-6,8-10,12-14H,15H2,1H3,(H,22,23). The maximum atomic E-state index is 12.4. The van der Waals surface area contributed by atoms with Gasteiger partial charge in [0.15, 0.2) is 0 Å². The lowest BCUT2D eigenvalue weighted by Crippen LogP contribution is -2.23. The number of ether oxygens (including phenoxy) is 1. The van der Waals surface area contributed by atoms with E-state index in [1.165, 1.54) is 0 Å². The second-order valence-electron chi connectivity index (χ2n) is 5.21. The first-order valence-electron chi connectivity index (χ1n) is 7.67. The molecule has 0 heterocycles. The van der Waals surface area contributed by atoms with Gasteiger partial charge in [0.1, 0.15) is 5.75 Å². The van der Waals surface area contributed by atoms with Crippen LogP contribution < -0.4 is 10.1 Å². The lowest BCUT2D eigenvalue weighted by atomic mass is 10.0. The third-order valence-electron chi connectivity index (χ3n) is 3.70. The van der Waals surface area contributed by atoms with Gasteiger partial charge in [-0.15, -0.1) is 0 Å². The van der Waals surface area contributed by atoms with Gasteiger partial charge < -0.3 is 10.1 Å². The van der Waals surface area contributed by atoms with Gasteiger partial charge in [-0.25, -0.2) is 0 Å². The summed E-state index contributed by atoms with van der Waals surface area (Å²) >= 11 is 0. The van der Waals surface area contributed by atoms with Gasteiger partial charge in [-0.1, -0.05) is 60.4 Å². The Bertz CT molecular complexity index is 930. The maximum Gasteiger partial charge on any atom is 0.252 e. The van der Waals surface area contributed by atoms with E-state index in [9.17, 15) is 4.79 Å². The quantitative estimate of drug-likeness (QED) is 0.750. The molecule has 3 nitrogen and oxygen atoms in total. The van der Waals surface area contributed by atoms with Crippen LogP contribution in [-0.4, -0.2) is 19.6 Å². The Labute approximate surface area is 141 Å². The summed E-state index contributed by atoms with van der Waals surface area (Å²) in [5, 5.41) is 4.83. The van der Waals surface area contributed by atoms with Crippen molar-refractivity contribution in [1.82, 2.24) is 5.32 Å². The van der Waals surface area contributed by atoms with Crippen LogP contribution >= 0.6 is 0 Å². The van der Waals surface area contributed by atoms with E-state index in [1.54, 1.807) is 7.11 Å². The number of hydrogen-bond donors (Lipinski definition) is 1.